The van der Waals surface area contributed by atoms with Crippen LogP contribution in [0, 0.1) is 35.5 Å². The SMILES string of the molecule is CO[C@]1(c2cccc(Nc3cccc([C@@]4(OC)C[C@H](C)CC[C@H]4C(C)C)n3)n2)C[C@H](C)CC[C@H]1C(C)C. The highest BCUT2D eigenvalue weighted by atomic mass is 16.5. The summed E-state index contributed by atoms with van der Waals surface area (Å²) in [6, 6.07) is 12.5. The highest BCUT2D eigenvalue weighted by Gasteiger charge is 2.48. The number of ether oxygens (including phenoxy) is 2. The van der Waals surface area contributed by atoms with Gasteiger partial charge in [0.2, 0.25) is 0 Å². The molecule has 0 aromatic carbocycles. The van der Waals surface area contributed by atoms with Crippen LogP contribution in [-0.4, -0.2) is 24.2 Å². The largest absolute Gasteiger partial charge is 0.372 e. The number of nitrogens with zero attached hydrogens (tertiary/aromatic N) is 2. The van der Waals surface area contributed by atoms with Crippen molar-refractivity contribution in [1.82, 2.24) is 9.97 Å². The Morgan fingerprint density at radius 2 is 1.11 bits per heavy atom. The molecule has 2 aliphatic rings. The van der Waals surface area contributed by atoms with E-state index in [1.165, 1.54) is 25.7 Å². The van der Waals surface area contributed by atoms with Gasteiger partial charge in [0.15, 0.2) is 0 Å². The summed E-state index contributed by atoms with van der Waals surface area (Å²) in [6.45, 7) is 13.9. The first-order chi connectivity index (χ1) is 17.6. The highest BCUT2D eigenvalue weighted by molar-refractivity contribution is 5.52. The average molecular weight is 508 g/mol. The summed E-state index contributed by atoms with van der Waals surface area (Å²) < 4.78 is 12.7. The van der Waals surface area contributed by atoms with Gasteiger partial charge >= 0.3 is 0 Å². The van der Waals surface area contributed by atoms with Gasteiger partial charge in [0.05, 0.1) is 11.4 Å². The molecule has 37 heavy (non-hydrogen) atoms. The van der Waals surface area contributed by atoms with E-state index in [4.69, 9.17) is 19.4 Å². The van der Waals surface area contributed by atoms with Crippen molar-refractivity contribution in [3.8, 4) is 0 Å². The number of nitrogens with one attached hydrogen (secondary N) is 1. The molecule has 0 unspecified atom stereocenters. The zero-order chi connectivity index (χ0) is 26.8. The van der Waals surface area contributed by atoms with E-state index >= 15 is 0 Å². The Morgan fingerprint density at radius 1 is 0.703 bits per heavy atom. The smallest absolute Gasteiger partial charge is 0.131 e. The number of methoxy groups -OCH3 is 2. The van der Waals surface area contributed by atoms with Crippen molar-refractivity contribution in [2.75, 3.05) is 19.5 Å². The maximum absolute atomic E-state index is 6.36. The molecule has 1 N–H and O–H groups in total. The summed E-state index contributed by atoms with van der Waals surface area (Å²) in [7, 11) is 3.72. The summed E-state index contributed by atoms with van der Waals surface area (Å²) in [5.74, 6) is 4.79. The van der Waals surface area contributed by atoms with Crippen LogP contribution >= 0.6 is 0 Å². The molecule has 2 aliphatic carbocycles. The molecule has 6 atom stereocenters. The van der Waals surface area contributed by atoms with Gasteiger partial charge in [0.25, 0.3) is 0 Å². The number of aromatic nitrogens is 2. The first-order valence-corrected chi connectivity index (χ1v) is 14.5. The summed E-state index contributed by atoms with van der Waals surface area (Å²) in [5.41, 5.74) is 1.33. The number of pyridine rings is 2. The van der Waals surface area contributed by atoms with E-state index in [1.54, 1.807) is 0 Å². The molecule has 0 spiro atoms. The Labute approximate surface area is 225 Å². The van der Waals surface area contributed by atoms with Crippen LogP contribution in [0.1, 0.15) is 91.5 Å². The molecule has 2 aromatic heterocycles. The van der Waals surface area contributed by atoms with Crippen LogP contribution in [-0.2, 0) is 20.7 Å². The van der Waals surface area contributed by atoms with Crippen LogP contribution in [0.3, 0.4) is 0 Å². The summed E-state index contributed by atoms with van der Waals surface area (Å²) >= 11 is 0. The second-order valence-electron chi connectivity index (χ2n) is 12.6. The molecule has 2 aromatic rings. The van der Waals surface area contributed by atoms with Crippen molar-refractivity contribution in [3.05, 3.63) is 47.8 Å². The Kier molecular flexibility index (Phi) is 8.65. The van der Waals surface area contributed by atoms with Crippen LogP contribution in [0.5, 0.6) is 0 Å². The maximum atomic E-state index is 6.36. The molecule has 4 rings (SSSR count). The first-order valence-electron chi connectivity index (χ1n) is 14.5. The molecule has 5 heteroatoms. The van der Waals surface area contributed by atoms with E-state index in [0.29, 0.717) is 35.5 Å². The number of anilines is 2. The molecule has 0 bridgehead atoms. The van der Waals surface area contributed by atoms with Gasteiger partial charge in [-0.2, -0.15) is 0 Å². The Bertz CT molecular complexity index is 959. The minimum atomic E-state index is -0.359. The summed E-state index contributed by atoms with van der Waals surface area (Å²) in [5, 5.41) is 3.52. The van der Waals surface area contributed by atoms with Crippen LogP contribution in [0.15, 0.2) is 36.4 Å². The quantitative estimate of drug-likeness (QED) is 0.391. The second kappa shape index (κ2) is 11.4. The molecule has 0 aliphatic heterocycles. The van der Waals surface area contributed by atoms with Crippen LogP contribution in [0.2, 0.25) is 0 Å². The zero-order valence-electron chi connectivity index (χ0n) is 24.4. The second-order valence-corrected chi connectivity index (χ2v) is 12.6. The normalized spacial score (nSPS) is 32.6. The molecule has 0 amide bonds. The predicted molar refractivity (Wildman–Crippen MR) is 152 cm³/mol. The molecule has 0 saturated heterocycles. The van der Waals surface area contributed by atoms with Crippen LogP contribution in [0.25, 0.3) is 0 Å². The van der Waals surface area contributed by atoms with Crippen LogP contribution < -0.4 is 5.32 Å². The van der Waals surface area contributed by atoms with Crippen molar-refractivity contribution in [2.24, 2.45) is 35.5 Å². The van der Waals surface area contributed by atoms with Gasteiger partial charge in [0, 0.05) is 14.2 Å². The fourth-order valence-electron chi connectivity index (χ4n) is 7.56. The van der Waals surface area contributed by atoms with Gasteiger partial charge in [-0.25, -0.2) is 9.97 Å². The van der Waals surface area contributed by atoms with Crippen molar-refractivity contribution < 1.29 is 9.47 Å². The van der Waals surface area contributed by atoms with Gasteiger partial charge in [0.1, 0.15) is 22.8 Å². The van der Waals surface area contributed by atoms with E-state index < -0.39 is 0 Å². The molecule has 2 heterocycles. The molecule has 5 nitrogen and oxygen atoms in total. The first kappa shape index (κ1) is 28.0. The van der Waals surface area contributed by atoms with Gasteiger partial charge in [-0.3, -0.25) is 0 Å². The molecular weight excluding hydrogens is 458 g/mol. The Balaban J connectivity index is 1.66. The van der Waals surface area contributed by atoms with E-state index in [2.05, 4.69) is 71.1 Å². The minimum Gasteiger partial charge on any atom is -0.372 e. The Morgan fingerprint density at radius 3 is 1.46 bits per heavy atom. The van der Waals surface area contributed by atoms with Gasteiger partial charge < -0.3 is 14.8 Å². The Hall–Kier alpha value is -1.98. The number of hydrogen-bond donors (Lipinski definition) is 1. The van der Waals surface area contributed by atoms with Crippen molar-refractivity contribution in [3.63, 3.8) is 0 Å². The molecular formula is C32H49N3O2. The zero-order valence-corrected chi connectivity index (χ0v) is 24.4. The number of hydrogen-bond acceptors (Lipinski definition) is 5. The fraction of sp³-hybridized carbons (Fsp3) is 0.688. The monoisotopic (exact) mass is 507 g/mol. The average Bonchev–Trinajstić information content (AvgIpc) is 2.88. The van der Waals surface area contributed by atoms with Crippen LogP contribution in [0.4, 0.5) is 11.6 Å². The van der Waals surface area contributed by atoms with E-state index in [-0.39, 0.29) is 11.2 Å². The van der Waals surface area contributed by atoms with E-state index in [0.717, 1.165) is 35.9 Å². The lowest BCUT2D eigenvalue weighted by atomic mass is 9.65. The van der Waals surface area contributed by atoms with Crippen molar-refractivity contribution in [2.45, 2.75) is 91.3 Å². The summed E-state index contributed by atoms with van der Waals surface area (Å²) in [6.07, 6.45) is 6.84. The lowest BCUT2D eigenvalue weighted by molar-refractivity contribution is -0.119. The predicted octanol–water partition coefficient (Wildman–Crippen LogP) is 8.09. The molecule has 0 radical (unpaired) electrons. The standard InChI is InChI=1S/C32H49N3O2/c1-21(2)25-17-15-23(5)19-31(25,36-7)27-11-9-13-29(33-27)35-30-14-10-12-28(34-30)32(37-8)20-24(6)16-18-26(32)22(3)4/h9-14,21-26H,15-20H2,1-8H3,(H,33,34,35)/t23-,24-,25+,26+,31-,32-/m1/s1. The third kappa shape index (κ3) is 5.45. The lowest BCUT2D eigenvalue weighted by Crippen LogP contribution is -2.45. The van der Waals surface area contributed by atoms with E-state index in [9.17, 15) is 0 Å². The van der Waals surface area contributed by atoms with Gasteiger partial charge in [-0.15, -0.1) is 0 Å². The van der Waals surface area contributed by atoms with E-state index in [1.807, 2.05) is 26.4 Å². The molecule has 2 fully saturated rings. The molecule has 204 valence electrons. The molecule has 2 saturated carbocycles. The summed E-state index contributed by atoms with van der Waals surface area (Å²) in [4.78, 5) is 10.3. The third-order valence-corrected chi connectivity index (χ3v) is 9.40. The maximum Gasteiger partial charge on any atom is 0.131 e. The van der Waals surface area contributed by atoms with Gasteiger partial charge in [-0.05, 0) is 85.5 Å². The number of rotatable bonds is 8. The van der Waals surface area contributed by atoms with Gasteiger partial charge in [-0.1, -0.05) is 66.5 Å². The van der Waals surface area contributed by atoms with Crippen molar-refractivity contribution in [1.29, 1.82) is 0 Å². The highest BCUT2D eigenvalue weighted by Crippen LogP contribution is 2.50. The fourth-order valence-corrected chi connectivity index (χ4v) is 7.56. The third-order valence-electron chi connectivity index (χ3n) is 9.40. The minimum absolute atomic E-state index is 0.359. The lowest BCUT2D eigenvalue weighted by Gasteiger charge is -2.47. The topological polar surface area (TPSA) is 56.3 Å². The van der Waals surface area contributed by atoms with Crippen molar-refractivity contribution >= 4 is 11.6 Å².